The topological polar surface area (TPSA) is 105 Å². The quantitative estimate of drug-likeness (QED) is 0.642. The lowest BCUT2D eigenvalue weighted by atomic mass is 10.1. The molecule has 7 nitrogen and oxygen atoms in total. The van der Waals surface area contributed by atoms with Gasteiger partial charge in [-0.1, -0.05) is 6.07 Å². The maximum absolute atomic E-state index is 12.1. The van der Waals surface area contributed by atoms with E-state index in [1.807, 2.05) is 6.07 Å². The number of nitrogens with one attached hydrogen (secondary N) is 1. The first-order valence-corrected chi connectivity index (χ1v) is 8.82. The van der Waals surface area contributed by atoms with E-state index in [4.69, 9.17) is 9.47 Å². The number of hydrogen-bond donors (Lipinski definition) is 1. The molecular formula is C15H14N2O5S. The van der Waals surface area contributed by atoms with Crippen LogP contribution < -0.4 is 14.8 Å². The van der Waals surface area contributed by atoms with Crippen molar-refractivity contribution in [3.05, 3.63) is 29.3 Å². The zero-order valence-electron chi connectivity index (χ0n) is 12.1. The number of carbonyl (C=O) groups is 1. The van der Waals surface area contributed by atoms with E-state index >= 15 is 0 Å². The molecule has 0 saturated carbocycles. The van der Waals surface area contributed by atoms with Gasteiger partial charge >= 0.3 is 0 Å². The maximum atomic E-state index is 12.1. The summed E-state index contributed by atoms with van der Waals surface area (Å²) in [4.78, 5) is 12.1. The van der Waals surface area contributed by atoms with Crippen LogP contribution in [0.3, 0.4) is 0 Å². The van der Waals surface area contributed by atoms with Crippen LogP contribution in [0.1, 0.15) is 12.0 Å². The van der Waals surface area contributed by atoms with Gasteiger partial charge in [-0.15, -0.1) is 0 Å². The number of nitriles is 1. The number of rotatable bonds is 3. The van der Waals surface area contributed by atoms with Crippen molar-refractivity contribution in [3.8, 4) is 17.6 Å². The second-order valence-corrected chi connectivity index (χ2v) is 7.58. The highest BCUT2D eigenvalue weighted by Gasteiger charge is 2.29. The number of fused-ring (bicyclic) bond motifs is 1. The fourth-order valence-corrected chi connectivity index (χ4v) is 4.16. The van der Waals surface area contributed by atoms with Crippen LogP contribution >= 0.6 is 0 Å². The third kappa shape index (κ3) is 3.46. The summed E-state index contributed by atoms with van der Waals surface area (Å²) >= 11 is 0. The van der Waals surface area contributed by atoms with Crippen LogP contribution in [0.2, 0.25) is 0 Å². The molecule has 1 atom stereocenters. The molecule has 1 saturated heterocycles. The van der Waals surface area contributed by atoms with E-state index in [1.54, 1.807) is 18.2 Å². The first-order valence-electron chi connectivity index (χ1n) is 6.99. The molecule has 1 aromatic rings. The van der Waals surface area contributed by atoms with Crippen LogP contribution in [0.4, 0.5) is 0 Å². The number of amides is 1. The summed E-state index contributed by atoms with van der Waals surface area (Å²) in [6, 6.07) is 6.48. The minimum Gasteiger partial charge on any atom is -0.454 e. The summed E-state index contributed by atoms with van der Waals surface area (Å²) in [7, 11) is -3.09. The Hall–Kier alpha value is -2.53. The van der Waals surface area contributed by atoms with Crippen LogP contribution in [-0.2, 0) is 14.6 Å². The molecule has 0 aromatic heterocycles. The predicted molar refractivity (Wildman–Crippen MR) is 81.4 cm³/mol. The summed E-state index contributed by atoms with van der Waals surface area (Å²) in [5.74, 6) is 0.569. The van der Waals surface area contributed by atoms with E-state index in [9.17, 15) is 18.5 Å². The molecule has 2 aliphatic heterocycles. The Bertz CT molecular complexity index is 823. The minimum absolute atomic E-state index is 0.0612. The Balaban J connectivity index is 1.74. The molecule has 1 N–H and O–H groups in total. The predicted octanol–water partition coefficient (Wildman–Crippen LogP) is 0.626. The van der Waals surface area contributed by atoms with Crippen LogP contribution in [0, 0.1) is 11.3 Å². The van der Waals surface area contributed by atoms with Gasteiger partial charge in [0.25, 0.3) is 5.91 Å². The lowest BCUT2D eigenvalue weighted by Gasteiger charge is -2.09. The van der Waals surface area contributed by atoms with Crippen LogP contribution in [0.5, 0.6) is 11.5 Å². The van der Waals surface area contributed by atoms with Crippen molar-refractivity contribution in [1.82, 2.24) is 5.32 Å². The van der Waals surface area contributed by atoms with Crippen molar-refractivity contribution < 1.29 is 22.7 Å². The number of ether oxygens (including phenoxy) is 2. The average Bonchev–Trinajstić information content (AvgIpc) is 3.10. The van der Waals surface area contributed by atoms with E-state index in [-0.39, 0.29) is 23.9 Å². The first kappa shape index (κ1) is 15.4. The molecule has 1 amide bonds. The first-order chi connectivity index (χ1) is 11.0. The highest BCUT2D eigenvalue weighted by atomic mass is 32.2. The van der Waals surface area contributed by atoms with Gasteiger partial charge in [-0.3, -0.25) is 4.79 Å². The van der Waals surface area contributed by atoms with Gasteiger partial charge in [0, 0.05) is 6.04 Å². The molecule has 0 radical (unpaired) electrons. The molecular weight excluding hydrogens is 320 g/mol. The van der Waals surface area contributed by atoms with Crippen molar-refractivity contribution in [2.45, 2.75) is 12.5 Å². The number of sulfone groups is 1. The molecule has 1 aromatic carbocycles. The Morgan fingerprint density at radius 1 is 1.35 bits per heavy atom. The molecule has 0 spiro atoms. The van der Waals surface area contributed by atoms with Crippen LogP contribution in [-0.4, -0.2) is 38.7 Å². The summed E-state index contributed by atoms with van der Waals surface area (Å²) in [6.07, 6.45) is 1.80. The third-order valence-electron chi connectivity index (χ3n) is 3.64. The molecule has 120 valence electrons. The molecule has 1 fully saturated rings. The van der Waals surface area contributed by atoms with E-state index in [1.165, 1.54) is 6.08 Å². The molecule has 8 heteroatoms. The van der Waals surface area contributed by atoms with Gasteiger partial charge in [-0.05, 0) is 30.2 Å². The Morgan fingerprint density at radius 3 is 2.83 bits per heavy atom. The monoisotopic (exact) mass is 334 g/mol. The lowest BCUT2D eigenvalue weighted by molar-refractivity contribution is -0.117. The fraction of sp³-hybridized carbons (Fsp3) is 0.333. The van der Waals surface area contributed by atoms with Gasteiger partial charge in [0.2, 0.25) is 6.79 Å². The van der Waals surface area contributed by atoms with Crippen molar-refractivity contribution in [2.24, 2.45) is 0 Å². The van der Waals surface area contributed by atoms with Crippen LogP contribution in [0.15, 0.2) is 23.8 Å². The van der Waals surface area contributed by atoms with Gasteiger partial charge in [-0.25, -0.2) is 8.42 Å². The summed E-state index contributed by atoms with van der Waals surface area (Å²) < 4.78 is 33.2. The van der Waals surface area contributed by atoms with E-state index < -0.39 is 21.8 Å². The van der Waals surface area contributed by atoms with Crippen molar-refractivity contribution in [1.29, 1.82) is 5.26 Å². The lowest BCUT2D eigenvalue weighted by Crippen LogP contribution is -2.36. The number of benzene rings is 1. The largest absolute Gasteiger partial charge is 0.454 e. The maximum Gasteiger partial charge on any atom is 0.262 e. The SMILES string of the molecule is N#CC(=Cc1ccc2c(c1)OCO2)C(=O)NC1CCS(=O)(=O)C1. The zero-order valence-corrected chi connectivity index (χ0v) is 12.9. The van der Waals surface area contributed by atoms with Crippen molar-refractivity contribution in [2.75, 3.05) is 18.3 Å². The third-order valence-corrected chi connectivity index (χ3v) is 5.41. The van der Waals surface area contributed by atoms with Crippen molar-refractivity contribution in [3.63, 3.8) is 0 Å². The summed E-state index contributed by atoms with van der Waals surface area (Å²) in [5, 5.41) is 11.8. The zero-order chi connectivity index (χ0) is 16.4. The molecule has 2 heterocycles. The molecule has 2 aliphatic rings. The smallest absolute Gasteiger partial charge is 0.262 e. The highest BCUT2D eigenvalue weighted by molar-refractivity contribution is 7.91. The summed E-state index contributed by atoms with van der Waals surface area (Å²) in [5.41, 5.74) is 0.535. The highest BCUT2D eigenvalue weighted by Crippen LogP contribution is 2.33. The minimum atomic E-state index is -3.09. The van der Waals surface area contributed by atoms with Gasteiger partial charge < -0.3 is 14.8 Å². The fourth-order valence-electron chi connectivity index (χ4n) is 2.49. The Labute approximate surface area is 133 Å². The number of nitrogens with zero attached hydrogens (tertiary/aromatic N) is 1. The van der Waals surface area contributed by atoms with Gasteiger partial charge in [0.05, 0.1) is 11.5 Å². The second-order valence-electron chi connectivity index (χ2n) is 5.36. The molecule has 3 rings (SSSR count). The van der Waals surface area contributed by atoms with E-state index in [0.29, 0.717) is 23.5 Å². The number of hydrogen-bond acceptors (Lipinski definition) is 6. The van der Waals surface area contributed by atoms with Gasteiger partial charge in [0.15, 0.2) is 21.3 Å². The molecule has 0 bridgehead atoms. The molecule has 23 heavy (non-hydrogen) atoms. The van der Waals surface area contributed by atoms with Gasteiger partial charge in [-0.2, -0.15) is 5.26 Å². The van der Waals surface area contributed by atoms with Crippen LogP contribution in [0.25, 0.3) is 6.08 Å². The van der Waals surface area contributed by atoms with Gasteiger partial charge in [0.1, 0.15) is 11.6 Å². The van der Waals surface area contributed by atoms with E-state index in [2.05, 4.69) is 5.32 Å². The van der Waals surface area contributed by atoms with Crippen molar-refractivity contribution >= 4 is 21.8 Å². The normalized spacial score (nSPS) is 21.7. The standard InChI is InChI=1S/C15H14N2O5S/c16-7-11(15(18)17-12-3-4-23(19,20)8-12)5-10-1-2-13-14(6-10)22-9-21-13/h1-2,5-6,12H,3-4,8-9H2,(H,17,18). The van der Waals surface area contributed by atoms with E-state index in [0.717, 1.165) is 0 Å². The molecule has 0 aliphatic carbocycles. The Morgan fingerprint density at radius 2 is 2.13 bits per heavy atom. The summed E-state index contributed by atoms with van der Waals surface area (Å²) in [6.45, 7) is 0.143. The number of carbonyl (C=O) groups excluding carboxylic acids is 1. The molecule has 1 unspecified atom stereocenters. The second kappa shape index (κ2) is 5.93. The Kier molecular flexibility index (Phi) is 3.96. The average molecular weight is 334 g/mol.